The zero-order valence-corrected chi connectivity index (χ0v) is 19.5. The molecule has 4 heterocycles. The predicted octanol–water partition coefficient (Wildman–Crippen LogP) is 4.46. The molecule has 8 nitrogen and oxygen atoms in total. The number of hydrogen-bond acceptors (Lipinski definition) is 4. The summed E-state index contributed by atoms with van der Waals surface area (Å²) in [5.74, 6) is 0.934. The van der Waals surface area contributed by atoms with Crippen LogP contribution >= 0.6 is 0 Å². The van der Waals surface area contributed by atoms with Gasteiger partial charge in [0.25, 0.3) is 5.91 Å². The smallest absolute Gasteiger partial charge is 0.326 e. The number of benzene rings is 1. The lowest BCUT2D eigenvalue weighted by molar-refractivity contribution is 0.00638. The van der Waals surface area contributed by atoms with E-state index in [-0.39, 0.29) is 18.5 Å². The minimum Gasteiger partial charge on any atom is -0.455 e. The van der Waals surface area contributed by atoms with Crippen LogP contribution in [0.5, 0.6) is 11.5 Å². The Hall–Kier alpha value is -3.88. The maximum absolute atomic E-state index is 13.6. The van der Waals surface area contributed by atoms with Gasteiger partial charge in [0.2, 0.25) is 0 Å². The number of amides is 2. The SMILES string of the molecule is CCNC(=O)n1c(C)cc2cc(Oc3ccnn4cc(C(=O)N5C[C@@H](F)[C@H]5C)c(C)c34)ccc21. The van der Waals surface area contributed by atoms with E-state index in [1.165, 1.54) is 4.90 Å². The molecule has 1 saturated heterocycles. The Morgan fingerprint density at radius 2 is 2.03 bits per heavy atom. The van der Waals surface area contributed by atoms with Crippen molar-refractivity contribution in [3.05, 3.63) is 59.5 Å². The van der Waals surface area contributed by atoms with Gasteiger partial charge in [-0.3, -0.25) is 9.36 Å². The Balaban J connectivity index is 1.49. The van der Waals surface area contributed by atoms with Gasteiger partial charge in [0.1, 0.15) is 17.4 Å². The van der Waals surface area contributed by atoms with E-state index in [1.54, 1.807) is 34.5 Å². The van der Waals surface area contributed by atoms with Crippen LogP contribution in [0.25, 0.3) is 16.4 Å². The molecule has 3 aromatic heterocycles. The molecule has 2 atom stereocenters. The number of aromatic nitrogens is 3. The fraction of sp³-hybridized carbons (Fsp3) is 0.320. The van der Waals surface area contributed by atoms with E-state index in [0.29, 0.717) is 29.1 Å². The molecule has 0 saturated carbocycles. The predicted molar refractivity (Wildman–Crippen MR) is 127 cm³/mol. The highest BCUT2D eigenvalue weighted by Gasteiger charge is 2.40. The molecule has 2 amide bonds. The van der Waals surface area contributed by atoms with Crippen LogP contribution in [0, 0.1) is 13.8 Å². The van der Waals surface area contributed by atoms with Gasteiger partial charge in [-0.05, 0) is 57.5 Å². The number of aryl methyl sites for hydroxylation is 2. The molecule has 1 aliphatic rings. The van der Waals surface area contributed by atoms with Gasteiger partial charge in [-0.15, -0.1) is 0 Å². The molecule has 34 heavy (non-hydrogen) atoms. The quantitative estimate of drug-likeness (QED) is 0.485. The second kappa shape index (κ2) is 8.16. The number of halogens is 1. The number of ether oxygens (including phenoxy) is 1. The van der Waals surface area contributed by atoms with Crippen molar-refractivity contribution in [2.24, 2.45) is 0 Å². The Labute approximate surface area is 195 Å². The molecule has 0 bridgehead atoms. The number of nitrogens with zero attached hydrogens (tertiary/aromatic N) is 4. The average molecular weight is 464 g/mol. The first-order valence-corrected chi connectivity index (χ1v) is 11.3. The Morgan fingerprint density at radius 1 is 1.24 bits per heavy atom. The fourth-order valence-corrected chi connectivity index (χ4v) is 4.53. The Morgan fingerprint density at radius 3 is 2.74 bits per heavy atom. The molecular formula is C25H26FN5O3. The summed E-state index contributed by atoms with van der Waals surface area (Å²) in [6.07, 6.45) is 2.28. The molecule has 0 radical (unpaired) electrons. The molecule has 1 N–H and O–H groups in total. The van der Waals surface area contributed by atoms with Gasteiger partial charge < -0.3 is 15.0 Å². The number of hydrogen-bond donors (Lipinski definition) is 1. The van der Waals surface area contributed by atoms with Crippen LogP contribution in [-0.4, -0.2) is 56.3 Å². The van der Waals surface area contributed by atoms with E-state index in [9.17, 15) is 14.0 Å². The van der Waals surface area contributed by atoms with E-state index >= 15 is 0 Å². The van der Waals surface area contributed by atoms with E-state index in [1.807, 2.05) is 45.0 Å². The van der Waals surface area contributed by atoms with Crippen LogP contribution in [0.1, 0.15) is 35.5 Å². The van der Waals surface area contributed by atoms with Gasteiger partial charge in [-0.25, -0.2) is 13.7 Å². The van der Waals surface area contributed by atoms with Crippen molar-refractivity contribution in [1.29, 1.82) is 0 Å². The summed E-state index contributed by atoms with van der Waals surface area (Å²) < 4.78 is 23.1. The second-order valence-corrected chi connectivity index (χ2v) is 8.65. The van der Waals surface area contributed by atoms with Crippen molar-refractivity contribution >= 4 is 28.4 Å². The van der Waals surface area contributed by atoms with Gasteiger partial charge in [-0.1, -0.05) is 0 Å². The molecular weight excluding hydrogens is 437 g/mol. The Bertz CT molecular complexity index is 1440. The Kier molecular flexibility index (Phi) is 5.27. The summed E-state index contributed by atoms with van der Waals surface area (Å²) in [7, 11) is 0. The molecule has 0 spiro atoms. The number of nitrogens with one attached hydrogen (secondary N) is 1. The normalized spacial score (nSPS) is 17.7. The average Bonchev–Trinajstić information content (AvgIpc) is 3.33. The third-order valence-electron chi connectivity index (χ3n) is 6.48. The largest absolute Gasteiger partial charge is 0.455 e. The van der Waals surface area contributed by atoms with Crippen molar-refractivity contribution in [1.82, 2.24) is 24.4 Å². The van der Waals surface area contributed by atoms with Crippen LogP contribution in [0.4, 0.5) is 9.18 Å². The molecule has 0 unspecified atom stereocenters. The first-order chi connectivity index (χ1) is 16.3. The molecule has 0 aliphatic carbocycles. The molecule has 9 heteroatoms. The van der Waals surface area contributed by atoms with E-state index in [0.717, 1.165) is 22.2 Å². The van der Waals surface area contributed by atoms with E-state index in [2.05, 4.69) is 10.4 Å². The minimum absolute atomic E-state index is 0.109. The van der Waals surface area contributed by atoms with Crippen molar-refractivity contribution in [2.45, 2.75) is 39.9 Å². The number of carbonyl (C=O) groups is 2. The molecule has 1 aromatic carbocycles. The van der Waals surface area contributed by atoms with Crippen LogP contribution in [0.2, 0.25) is 0 Å². The fourth-order valence-electron chi connectivity index (χ4n) is 4.53. The monoisotopic (exact) mass is 463 g/mol. The van der Waals surface area contributed by atoms with Crippen molar-refractivity contribution < 1.29 is 18.7 Å². The van der Waals surface area contributed by atoms with E-state index < -0.39 is 12.2 Å². The lowest BCUT2D eigenvalue weighted by atomic mass is 10.0. The number of rotatable bonds is 4. The van der Waals surface area contributed by atoms with Crippen LogP contribution < -0.4 is 10.1 Å². The second-order valence-electron chi connectivity index (χ2n) is 8.65. The third-order valence-corrected chi connectivity index (χ3v) is 6.48. The molecule has 5 rings (SSSR count). The van der Waals surface area contributed by atoms with Crippen molar-refractivity contribution in [3.8, 4) is 11.5 Å². The highest BCUT2D eigenvalue weighted by molar-refractivity contribution is 5.99. The van der Waals surface area contributed by atoms with Crippen molar-refractivity contribution in [2.75, 3.05) is 13.1 Å². The first-order valence-electron chi connectivity index (χ1n) is 11.3. The maximum Gasteiger partial charge on any atom is 0.326 e. The van der Waals surface area contributed by atoms with E-state index in [4.69, 9.17) is 4.74 Å². The molecule has 1 fully saturated rings. The summed E-state index contributed by atoms with van der Waals surface area (Å²) >= 11 is 0. The standard InChI is InChI=1S/C25H26FN5O3/c1-5-27-25(33)31-14(2)10-17-11-18(6-7-21(17)31)34-22-8-9-28-30-12-19(15(3)23(22)30)24(32)29-13-20(26)16(29)4/h6-12,16,20H,5,13H2,1-4H3,(H,27,33)/t16-,20-/m1/s1. The van der Waals surface area contributed by atoms with Gasteiger partial charge in [0, 0.05) is 29.9 Å². The third kappa shape index (κ3) is 3.39. The van der Waals surface area contributed by atoms with Crippen LogP contribution in [0.3, 0.4) is 0 Å². The summed E-state index contributed by atoms with van der Waals surface area (Å²) in [4.78, 5) is 26.9. The highest BCUT2D eigenvalue weighted by atomic mass is 19.1. The summed E-state index contributed by atoms with van der Waals surface area (Å²) in [5.41, 5.74) is 3.49. The topological polar surface area (TPSA) is 80.9 Å². The summed E-state index contributed by atoms with van der Waals surface area (Å²) in [6.45, 7) is 7.97. The van der Waals surface area contributed by atoms with Crippen LogP contribution in [0.15, 0.2) is 42.7 Å². The maximum atomic E-state index is 13.6. The number of carbonyl (C=O) groups excluding carboxylic acids is 2. The van der Waals surface area contributed by atoms with Gasteiger partial charge in [0.05, 0.1) is 29.9 Å². The molecule has 4 aromatic rings. The highest BCUT2D eigenvalue weighted by Crippen LogP contribution is 2.33. The number of likely N-dealkylation sites (tertiary alicyclic amines) is 1. The number of fused-ring (bicyclic) bond motifs is 2. The van der Waals surface area contributed by atoms with Gasteiger partial charge >= 0.3 is 6.03 Å². The van der Waals surface area contributed by atoms with Crippen molar-refractivity contribution in [3.63, 3.8) is 0 Å². The first kappa shape index (κ1) is 21.9. The number of alkyl halides is 1. The summed E-state index contributed by atoms with van der Waals surface area (Å²) in [5, 5.41) is 8.03. The van der Waals surface area contributed by atoms with Gasteiger partial charge in [0.15, 0.2) is 5.75 Å². The lowest BCUT2D eigenvalue weighted by Crippen LogP contribution is -2.58. The lowest BCUT2D eigenvalue weighted by Gasteiger charge is -2.41. The molecule has 176 valence electrons. The molecule has 1 aliphatic heterocycles. The van der Waals surface area contributed by atoms with Gasteiger partial charge in [-0.2, -0.15) is 5.10 Å². The van der Waals surface area contributed by atoms with Crippen LogP contribution in [-0.2, 0) is 0 Å². The minimum atomic E-state index is -0.986. The zero-order valence-electron chi connectivity index (χ0n) is 19.5. The zero-order chi connectivity index (χ0) is 24.1. The summed E-state index contributed by atoms with van der Waals surface area (Å²) in [6, 6.07) is 8.62.